The summed E-state index contributed by atoms with van der Waals surface area (Å²) in [7, 11) is -4.74. The number of unbranched alkanes of at least 4 members (excludes halogenated alkanes) is 24. The molecule has 66 heavy (non-hydrogen) atoms. The zero-order valence-electron chi connectivity index (χ0n) is 42.2. The van der Waals surface area contributed by atoms with Gasteiger partial charge in [0.1, 0.15) is 12.7 Å². The van der Waals surface area contributed by atoms with Crippen molar-refractivity contribution in [3.8, 4) is 0 Å². The number of carbonyl (C=O) groups excluding carboxylic acids is 3. The molecule has 0 aromatic heterocycles. The smallest absolute Gasteiger partial charge is 0.462 e. The molecular weight excluding hydrogens is 856 g/mol. The summed E-state index contributed by atoms with van der Waals surface area (Å²) in [6, 6.07) is 0. The summed E-state index contributed by atoms with van der Waals surface area (Å²) in [6.45, 7) is 4.47. The van der Waals surface area contributed by atoms with Crippen molar-refractivity contribution in [1.82, 2.24) is 0 Å². The zero-order valence-corrected chi connectivity index (χ0v) is 43.1. The first kappa shape index (κ1) is 63.4. The molecule has 12 heteroatoms. The summed E-state index contributed by atoms with van der Waals surface area (Å²) in [5, 5.41) is 9.76. The van der Waals surface area contributed by atoms with Gasteiger partial charge in [0.05, 0.1) is 19.8 Å². The van der Waals surface area contributed by atoms with Crippen LogP contribution in [0.4, 0.5) is 0 Å². The molecule has 0 fully saturated rings. The summed E-state index contributed by atoms with van der Waals surface area (Å²) in [4.78, 5) is 48.3. The highest BCUT2D eigenvalue weighted by Crippen LogP contribution is 2.43. The van der Waals surface area contributed by atoms with Crippen molar-refractivity contribution in [2.75, 3.05) is 26.4 Å². The van der Waals surface area contributed by atoms with E-state index in [9.17, 15) is 28.9 Å². The molecule has 0 saturated carbocycles. The second kappa shape index (κ2) is 48.9. The molecule has 0 aliphatic carbocycles. The van der Waals surface area contributed by atoms with Gasteiger partial charge in [-0.05, 0) is 70.6 Å². The van der Waals surface area contributed by atoms with Crippen molar-refractivity contribution in [2.24, 2.45) is 0 Å². The second-order valence-electron chi connectivity index (χ2n) is 17.7. The molecule has 0 aromatic rings. The van der Waals surface area contributed by atoms with Crippen molar-refractivity contribution in [3.05, 3.63) is 48.6 Å². The van der Waals surface area contributed by atoms with Crippen LogP contribution in [-0.4, -0.2) is 66.5 Å². The first-order valence-corrected chi connectivity index (χ1v) is 28.0. The number of allylic oxidation sites excluding steroid dienone is 8. The molecular formula is C54H97O11P. The quantitative estimate of drug-likeness (QED) is 0.0197. The Labute approximate surface area is 403 Å². The first-order valence-electron chi connectivity index (χ1n) is 26.5. The molecule has 0 aromatic carbocycles. The highest BCUT2D eigenvalue weighted by atomic mass is 31.2. The third kappa shape index (κ3) is 46.5. The van der Waals surface area contributed by atoms with Gasteiger partial charge in [-0.2, -0.15) is 0 Å². The Morgan fingerprint density at radius 3 is 1.27 bits per heavy atom. The number of phosphoric acid groups is 1. The van der Waals surface area contributed by atoms with Crippen molar-refractivity contribution in [1.29, 1.82) is 0 Å². The van der Waals surface area contributed by atoms with E-state index in [1.807, 2.05) is 0 Å². The molecule has 3 atom stereocenters. The minimum Gasteiger partial charge on any atom is -0.462 e. The third-order valence-electron chi connectivity index (χ3n) is 11.2. The molecule has 11 nitrogen and oxygen atoms in total. The van der Waals surface area contributed by atoms with E-state index >= 15 is 0 Å². The average molecular weight is 953 g/mol. The fourth-order valence-corrected chi connectivity index (χ4v) is 7.96. The molecule has 0 heterocycles. The summed E-state index contributed by atoms with van der Waals surface area (Å²) in [6.07, 6.45) is 49.4. The number of phosphoric ester groups is 1. The zero-order chi connectivity index (χ0) is 48.4. The van der Waals surface area contributed by atoms with Gasteiger partial charge in [0.2, 0.25) is 0 Å². The highest BCUT2D eigenvalue weighted by molar-refractivity contribution is 7.47. The van der Waals surface area contributed by atoms with Crippen LogP contribution in [0, 0.1) is 0 Å². The average Bonchev–Trinajstić information content (AvgIpc) is 3.30. The first-order chi connectivity index (χ1) is 32.2. The monoisotopic (exact) mass is 953 g/mol. The molecule has 0 bridgehead atoms. The lowest BCUT2D eigenvalue weighted by molar-refractivity contribution is -0.161. The van der Waals surface area contributed by atoms with E-state index in [1.54, 1.807) is 0 Å². The molecule has 0 amide bonds. The van der Waals surface area contributed by atoms with E-state index in [-0.39, 0.29) is 25.9 Å². The van der Waals surface area contributed by atoms with Crippen LogP contribution in [0.1, 0.15) is 239 Å². The Balaban J connectivity index is 4.73. The molecule has 0 aliphatic heterocycles. The number of aliphatic hydroxyl groups excluding tert-OH is 1. The van der Waals surface area contributed by atoms with Crippen LogP contribution in [0.5, 0.6) is 0 Å². The van der Waals surface area contributed by atoms with E-state index in [1.165, 1.54) is 64.2 Å². The molecule has 2 N–H and O–H groups in total. The van der Waals surface area contributed by atoms with Gasteiger partial charge in [-0.3, -0.25) is 23.4 Å². The molecule has 0 spiro atoms. The van der Waals surface area contributed by atoms with Crippen molar-refractivity contribution in [3.63, 3.8) is 0 Å². The number of rotatable bonds is 49. The van der Waals surface area contributed by atoms with Crippen LogP contribution in [-0.2, 0) is 42.2 Å². The Kier molecular flexibility index (Phi) is 47.0. The Bertz CT molecular complexity index is 1300. The normalized spacial score (nSPS) is 13.8. The van der Waals surface area contributed by atoms with Gasteiger partial charge >= 0.3 is 25.7 Å². The van der Waals surface area contributed by atoms with E-state index < -0.39 is 57.8 Å². The third-order valence-corrected chi connectivity index (χ3v) is 12.2. The summed E-state index contributed by atoms with van der Waals surface area (Å²) in [5.41, 5.74) is 0. The number of hydrogen-bond donors (Lipinski definition) is 2. The second-order valence-corrected chi connectivity index (χ2v) is 19.1. The van der Waals surface area contributed by atoms with E-state index in [0.29, 0.717) is 19.3 Å². The standard InChI is InChI=1S/C54H97O11P/c1-4-7-10-13-16-19-22-23-24-25-26-27-30-33-36-39-42-45-54(58)65-51(47-61-52(56)43-40-37-34-31-28-20-17-14-11-8-5-2)49-63-66(59,60)62-48-50(46-55)64-53(57)44-41-38-35-32-29-21-18-15-12-9-6-3/h7,10,14,16-17,19,23-24,50-51,55H,4-6,8-9,11-13,15,18,20-22,25-49H2,1-3H3,(H,59,60)/b10-7-,17-14-,19-16-,24-23-. The van der Waals surface area contributed by atoms with Gasteiger partial charge in [-0.25, -0.2) is 4.57 Å². The molecule has 3 unspecified atom stereocenters. The lowest BCUT2D eigenvalue weighted by Crippen LogP contribution is -2.30. The van der Waals surface area contributed by atoms with Gasteiger partial charge in [-0.15, -0.1) is 0 Å². The molecule has 0 rings (SSSR count). The van der Waals surface area contributed by atoms with E-state index in [0.717, 1.165) is 116 Å². The minimum absolute atomic E-state index is 0.156. The number of ether oxygens (including phenoxy) is 3. The molecule has 384 valence electrons. The predicted molar refractivity (Wildman–Crippen MR) is 270 cm³/mol. The fraction of sp³-hybridized carbons (Fsp3) is 0.796. The lowest BCUT2D eigenvalue weighted by Gasteiger charge is -2.21. The van der Waals surface area contributed by atoms with Crippen LogP contribution in [0.2, 0.25) is 0 Å². The topological polar surface area (TPSA) is 155 Å². The SMILES string of the molecule is CC/C=C\C/C=C\C/C=C\CCCCCCCCCC(=O)OC(COC(=O)CCCCCCC/C=C\CCCC)COP(=O)(O)OCC(CO)OC(=O)CCCCCCCCCCCCC. The lowest BCUT2D eigenvalue weighted by atomic mass is 10.1. The Morgan fingerprint density at radius 2 is 0.803 bits per heavy atom. The molecule has 0 aliphatic rings. The summed E-state index contributed by atoms with van der Waals surface area (Å²) >= 11 is 0. The Hall–Kier alpha value is -2.56. The van der Waals surface area contributed by atoms with E-state index in [2.05, 4.69) is 69.4 Å². The van der Waals surface area contributed by atoms with Gasteiger partial charge in [0, 0.05) is 19.3 Å². The molecule has 0 saturated heterocycles. The number of esters is 3. The maximum atomic E-state index is 12.8. The van der Waals surface area contributed by atoms with Crippen LogP contribution < -0.4 is 0 Å². The minimum atomic E-state index is -4.74. The van der Waals surface area contributed by atoms with Crippen molar-refractivity contribution >= 4 is 25.7 Å². The molecule has 0 radical (unpaired) electrons. The number of hydrogen-bond acceptors (Lipinski definition) is 10. The van der Waals surface area contributed by atoms with Gasteiger partial charge in [0.25, 0.3) is 0 Å². The number of aliphatic hydroxyl groups is 1. The number of carbonyl (C=O) groups is 3. The summed E-state index contributed by atoms with van der Waals surface area (Å²) in [5.74, 6) is -1.48. The fourth-order valence-electron chi connectivity index (χ4n) is 7.17. The van der Waals surface area contributed by atoms with Gasteiger partial charge < -0.3 is 24.2 Å². The van der Waals surface area contributed by atoms with Crippen LogP contribution in [0.15, 0.2) is 48.6 Å². The maximum Gasteiger partial charge on any atom is 0.472 e. The Morgan fingerprint density at radius 1 is 0.439 bits per heavy atom. The van der Waals surface area contributed by atoms with Gasteiger partial charge in [0.15, 0.2) is 6.10 Å². The van der Waals surface area contributed by atoms with Crippen LogP contribution in [0.3, 0.4) is 0 Å². The van der Waals surface area contributed by atoms with Gasteiger partial charge in [-0.1, -0.05) is 198 Å². The largest absolute Gasteiger partial charge is 0.472 e. The maximum absolute atomic E-state index is 12.8. The highest BCUT2D eigenvalue weighted by Gasteiger charge is 2.28. The van der Waals surface area contributed by atoms with Crippen molar-refractivity contribution in [2.45, 2.75) is 251 Å². The summed E-state index contributed by atoms with van der Waals surface area (Å²) < 4.78 is 39.3. The van der Waals surface area contributed by atoms with Crippen LogP contribution >= 0.6 is 7.82 Å². The van der Waals surface area contributed by atoms with E-state index in [4.69, 9.17) is 23.3 Å². The van der Waals surface area contributed by atoms with Crippen molar-refractivity contribution < 1.29 is 52.2 Å². The predicted octanol–water partition coefficient (Wildman–Crippen LogP) is 15.0. The van der Waals surface area contributed by atoms with Crippen LogP contribution in [0.25, 0.3) is 0 Å².